The second-order valence-corrected chi connectivity index (χ2v) is 13.3. The highest BCUT2D eigenvalue weighted by molar-refractivity contribution is 6.26. The molecule has 0 radical (unpaired) electrons. The predicted octanol–water partition coefficient (Wildman–Crippen LogP) is 13.2. The molecule has 0 spiro atoms. The van der Waals surface area contributed by atoms with Crippen LogP contribution in [0, 0.1) is 0 Å². The number of nitrogens with zero attached hydrogens (tertiary/aromatic N) is 2. The van der Waals surface area contributed by atoms with E-state index in [9.17, 15) is 0 Å². The third-order valence-corrected chi connectivity index (χ3v) is 10.5. The Hall–Kier alpha value is -6.51. The minimum absolute atomic E-state index is 0.845. The van der Waals surface area contributed by atoms with Crippen molar-refractivity contribution in [3.05, 3.63) is 182 Å². The number of hydrogen-bond donors (Lipinski definition) is 0. The van der Waals surface area contributed by atoms with E-state index in [-0.39, 0.29) is 0 Å². The van der Waals surface area contributed by atoms with Crippen LogP contribution in [-0.2, 0) is 6.42 Å². The fraction of sp³-hybridized carbons (Fsp3) is 0.0408. The predicted molar refractivity (Wildman–Crippen MR) is 217 cm³/mol. The van der Waals surface area contributed by atoms with E-state index in [1.54, 1.807) is 0 Å². The normalized spacial score (nSPS) is 11.7. The highest BCUT2D eigenvalue weighted by atomic mass is 15.1. The molecule has 9 aromatic carbocycles. The van der Waals surface area contributed by atoms with Gasteiger partial charge in [-0.15, -0.1) is 0 Å². The van der Waals surface area contributed by atoms with Gasteiger partial charge in [0.15, 0.2) is 0 Å². The quantitative estimate of drug-likeness (QED) is 0.170. The molecule has 0 fully saturated rings. The van der Waals surface area contributed by atoms with Crippen molar-refractivity contribution in [1.29, 1.82) is 0 Å². The van der Waals surface area contributed by atoms with Gasteiger partial charge in [-0.25, -0.2) is 4.98 Å². The molecular weight excluding hydrogens is 617 g/mol. The molecular formula is C49H34N2. The van der Waals surface area contributed by atoms with Gasteiger partial charge in [-0.2, -0.15) is 0 Å². The molecule has 0 amide bonds. The molecule has 0 aliphatic heterocycles. The van der Waals surface area contributed by atoms with Gasteiger partial charge in [0, 0.05) is 11.8 Å². The lowest BCUT2D eigenvalue weighted by Crippen LogP contribution is -2.01. The van der Waals surface area contributed by atoms with Crippen molar-refractivity contribution in [2.45, 2.75) is 13.3 Å². The van der Waals surface area contributed by atoms with Gasteiger partial charge >= 0.3 is 0 Å². The van der Waals surface area contributed by atoms with Crippen LogP contribution in [-0.4, -0.2) is 9.55 Å². The van der Waals surface area contributed by atoms with E-state index in [1.807, 2.05) is 0 Å². The Morgan fingerprint density at radius 3 is 1.84 bits per heavy atom. The van der Waals surface area contributed by atoms with E-state index >= 15 is 0 Å². The number of para-hydroxylation sites is 2. The maximum Gasteiger partial charge on any atom is 0.114 e. The zero-order valence-electron chi connectivity index (χ0n) is 28.3. The van der Waals surface area contributed by atoms with Crippen molar-refractivity contribution in [2.75, 3.05) is 0 Å². The monoisotopic (exact) mass is 650 g/mol. The summed E-state index contributed by atoms with van der Waals surface area (Å²) in [4.78, 5) is 5.04. The summed E-state index contributed by atoms with van der Waals surface area (Å²) >= 11 is 0. The molecule has 0 aliphatic rings. The lowest BCUT2D eigenvalue weighted by molar-refractivity contribution is 0.913. The SMILES string of the molecule is CCc1nc2ccccc2n1-c1ccc(-c2c3ccccc3c(-c3cccc4ccccc34)c3ccc(-c4ccccc4)cc23)c2ccccc12. The van der Waals surface area contributed by atoms with Crippen LogP contribution in [0.25, 0.3) is 93.2 Å². The number of fused-ring (bicyclic) bond motifs is 5. The van der Waals surface area contributed by atoms with E-state index in [0.717, 1.165) is 29.0 Å². The fourth-order valence-electron chi connectivity index (χ4n) is 8.29. The van der Waals surface area contributed by atoms with E-state index in [0.29, 0.717) is 0 Å². The molecule has 51 heavy (non-hydrogen) atoms. The highest BCUT2D eigenvalue weighted by Gasteiger charge is 2.21. The number of benzene rings is 9. The highest BCUT2D eigenvalue weighted by Crippen LogP contribution is 2.48. The minimum Gasteiger partial charge on any atom is -0.296 e. The summed E-state index contributed by atoms with van der Waals surface area (Å²) in [5, 5.41) is 9.95. The topological polar surface area (TPSA) is 17.8 Å². The van der Waals surface area contributed by atoms with Crippen molar-refractivity contribution < 1.29 is 0 Å². The first-order chi connectivity index (χ1) is 25.3. The summed E-state index contributed by atoms with van der Waals surface area (Å²) in [6.07, 6.45) is 0.845. The van der Waals surface area contributed by atoms with Gasteiger partial charge in [0.05, 0.1) is 16.7 Å². The summed E-state index contributed by atoms with van der Waals surface area (Å²) < 4.78 is 2.36. The maximum atomic E-state index is 5.04. The Labute approximate surface area is 296 Å². The molecule has 10 aromatic rings. The van der Waals surface area contributed by atoms with E-state index in [1.165, 1.54) is 76.5 Å². The van der Waals surface area contributed by atoms with Crippen LogP contribution < -0.4 is 0 Å². The number of rotatable bonds is 5. The van der Waals surface area contributed by atoms with Gasteiger partial charge in [-0.1, -0.05) is 159 Å². The van der Waals surface area contributed by atoms with E-state index in [4.69, 9.17) is 4.98 Å². The summed E-state index contributed by atoms with van der Waals surface area (Å²) in [6.45, 7) is 2.19. The van der Waals surface area contributed by atoms with Crippen molar-refractivity contribution in [2.24, 2.45) is 0 Å². The van der Waals surface area contributed by atoms with Gasteiger partial charge in [0.2, 0.25) is 0 Å². The van der Waals surface area contributed by atoms with Gasteiger partial charge in [0.25, 0.3) is 0 Å². The molecule has 1 heterocycles. The van der Waals surface area contributed by atoms with Crippen LogP contribution in [0.3, 0.4) is 0 Å². The first-order valence-corrected chi connectivity index (χ1v) is 17.8. The van der Waals surface area contributed by atoms with Gasteiger partial charge in [-0.05, 0) is 95.3 Å². The Balaban J connectivity index is 1.34. The largest absolute Gasteiger partial charge is 0.296 e. The third kappa shape index (κ3) is 4.61. The lowest BCUT2D eigenvalue weighted by atomic mass is 9.82. The maximum absolute atomic E-state index is 5.04. The lowest BCUT2D eigenvalue weighted by Gasteiger charge is -2.21. The molecule has 2 nitrogen and oxygen atoms in total. The minimum atomic E-state index is 0.845. The zero-order valence-corrected chi connectivity index (χ0v) is 28.3. The van der Waals surface area contributed by atoms with Crippen LogP contribution in [0.4, 0.5) is 0 Å². The molecule has 0 atom stereocenters. The molecule has 240 valence electrons. The summed E-state index contributed by atoms with van der Waals surface area (Å²) in [5.74, 6) is 1.07. The Kier molecular flexibility index (Phi) is 6.82. The second kappa shape index (κ2) is 11.8. The summed E-state index contributed by atoms with van der Waals surface area (Å²) in [6, 6.07) is 64.3. The standard InChI is InChI=1S/C49H34N2/c1-2-47-50-44-25-12-13-26-46(44)51(47)45-30-29-41(36-20-8-9-21-37(36)45)49-40-23-11-10-22-39(40)48(38-24-14-18-33-17-6-7-19-35(33)38)42-28-27-34(31-43(42)49)32-15-4-3-5-16-32/h3-31H,2H2,1H3. The second-order valence-electron chi connectivity index (χ2n) is 13.3. The molecule has 1 aromatic heterocycles. The molecule has 0 saturated heterocycles. The smallest absolute Gasteiger partial charge is 0.114 e. The van der Waals surface area contributed by atoms with Crippen LogP contribution in [0.1, 0.15) is 12.7 Å². The number of imidazole rings is 1. The molecule has 0 bridgehead atoms. The van der Waals surface area contributed by atoms with Crippen molar-refractivity contribution in [3.63, 3.8) is 0 Å². The molecule has 0 saturated carbocycles. The van der Waals surface area contributed by atoms with Crippen LogP contribution in [0.2, 0.25) is 0 Å². The van der Waals surface area contributed by atoms with Gasteiger partial charge < -0.3 is 0 Å². The van der Waals surface area contributed by atoms with Gasteiger partial charge in [-0.3, -0.25) is 4.57 Å². The molecule has 0 aliphatic carbocycles. The Morgan fingerprint density at radius 2 is 1.04 bits per heavy atom. The number of aromatic nitrogens is 2. The van der Waals surface area contributed by atoms with Crippen molar-refractivity contribution in [3.8, 4) is 39.1 Å². The summed E-state index contributed by atoms with van der Waals surface area (Å²) in [7, 11) is 0. The average Bonchev–Trinajstić information content (AvgIpc) is 3.58. The van der Waals surface area contributed by atoms with Crippen LogP contribution in [0.15, 0.2) is 176 Å². The molecule has 10 rings (SSSR count). The van der Waals surface area contributed by atoms with E-state index in [2.05, 4.69) is 187 Å². The number of hydrogen-bond acceptors (Lipinski definition) is 1. The molecule has 0 N–H and O–H groups in total. The van der Waals surface area contributed by atoms with E-state index < -0.39 is 0 Å². The fourth-order valence-corrected chi connectivity index (χ4v) is 8.29. The summed E-state index contributed by atoms with van der Waals surface area (Å²) in [5.41, 5.74) is 10.8. The molecule has 0 unspecified atom stereocenters. The first kappa shape index (κ1) is 29.4. The third-order valence-electron chi connectivity index (χ3n) is 10.5. The Bertz CT molecular complexity index is 2950. The van der Waals surface area contributed by atoms with Gasteiger partial charge in [0.1, 0.15) is 5.82 Å². The van der Waals surface area contributed by atoms with Crippen molar-refractivity contribution in [1.82, 2.24) is 9.55 Å². The van der Waals surface area contributed by atoms with Crippen LogP contribution in [0.5, 0.6) is 0 Å². The zero-order chi connectivity index (χ0) is 33.9. The molecule has 2 heteroatoms. The first-order valence-electron chi connectivity index (χ1n) is 17.8. The van der Waals surface area contributed by atoms with Crippen LogP contribution >= 0.6 is 0 Å². The number of aryl methyl sites for hydroxylation is 1. The Morgan fingerprint density at radius 1 is 0.431 bits per heavy atom. The average molecular weight is 651 g/mol. The van der Waals surface area contributed by atoms with Crippen molar-refractivity contribution >= 4 is 54.1 Å².